The molecule has 0 atom stereocenters. The Balaban J connectivity index is 1.84. The van der Waals surface area contributed by atoms with Crippen molar-refractivity contribution in [2.45, 2.75) is 19.3 Å². The summed E-state index contributed by atoms with van der Waals surface area (Å²) in [6.07, 6.45) is 3.37. The van der Waals surface area contributed by atoms with E-state index in [0.29, 0.717) is 0 Å². The van der Waals surface area contributed by atoms with Gasteiger partial charge in [0.25, 0.3) is 0 Å². The molecule has 1 heterocycles. The highest BCUT2D eigenvalue weighted by molar-refractivity contribution is 5.88. The molecule has 0 unspecified atom stereocenters. The second-order valence-electron chi connectivity index (χ2n) is 4.68. The minimum Gasteiger partial charge on any atom is -0.478 e. The molecule has 1 aromatic carbocycles. The number of carbonyl (C=O) groups excluding carboxylic acids is 1. The number of nitrogens with one attached hydrogen (secondary N) is 1. The number of piperidine rings is 1. The molecule has 1 saturated heterocycles. The second kappa shape index (κ2) is 6.22. The quantitative estimate of drug-likeness (QED) is 0.868. The van der Waals surface area contributed by atoms with Crippen molar-refractivity contribution in [3.8, 4) is 0 Å². The number of carboxylic acid groups (broad SMARTS) is 1. The fraction of sp³-hybridized carbons (Fsp3) is 0.429. The number of nitrogens with zero attached hydrogens (tertiary/aromatic N) is 1. The molecule has 0 saturated carbocycles. The van der Waals surface area contributed by atoms with Crippen molar-refractivity contribution in [2.75, 3.05) is 25.0 Å². The third-order valence-electron chi connectivity index (χ3n) is 3.28. The highest BCUT2D eigenvalue weighted by atomic mass is 16.4. The SMILES string of the molecule is O=C(O)c1ccc(NCC(=O)N2CCCCC2)cc1. The van der Waals surface area contributed by atoms with Crippen molar-refractivity contribution in [1.29, 1.82) is 0 Å². The van der Waals surface area contributed by atoms with Crippen molar-refractivity contribution in [1.82, 2.24) is 4.90 Å². The van der Waals surface area contributed by atoms with Crippen LogP contribution in [0.15, 0.2) is 24.3 Å². The monoisotopic (exact) mass is 262 g/mol. The van der Waals surface area contributed by atoms with Crippen LogP contribution < -0.4 is 5.32 Å². The number of carboxylic acids is 1. The van der Waals surface area contributed by atoms with E-state index in [9.17, 15) is 9.59 Å². The van der Waals surface area contributed by atoms with E-state index in [1.165, 1.54) is 18.6 Å². The summed E-state index contributed by atoms with van der Waals surface area (Å²) in [4.78, 5) is 24.5. The Kier molecular flexibility index (Phi) is 4.39. The fourth-order valence-corrected chi connectivity index (χ4v) is 2.16. The van der Waals surface area contributed by atoms with Crippen LogP contribution in [0.1, 0.15) is 29.6 Å². The van der Waals surface area contributed by atoms with E-state index < -0.39 is 5.97 Å². The van der Waals surface area contributed by atoms with E-state index in [2.05, 4.69) is 5.32 Å². The molecule has 2 N–H and O–H groups in total. The maximum atomic E-state index is 11.9. The van der Waals surface area contributed by atoms with E-state index >= 15 is 0 Å². The van der Waals surface area contributed by atoms with E-state index in [1.807, 2.05) is 4.90 Å². The van der Waals surface area contributed by atoms with Crippen LogP contribution in [-0.4, -0.2) is 41.5 Å². The normalized spacial score (nSPS) is 15.1. The van der Waals surface area contributed by atoms with Crippen molar-refractivity contribution >= 4 is 17.6 Å². The molecule has 1 aromatic rings. The number of carbonyl (C=O) groups is 2. The molecule has 5 heteroatoms. The van der Waals surface area contributed by atoms with Gasteiger partial charge in [0.1, 0.15) is 0 Å². The van der Waals surface area contributed by atoms with Crippen LogP contribution in [0.4, 0.5) is 5.69 Å². The Bertz CT molecular complexity index is 450. The number of amides is 1. The van der Waals surface area contributed by atoms with E-state index in [1.54, 1.807) is 12.1 Å². The lowest BCUT2D eigenvalue weighted by molar-refractivity contribution is -0.130. The Hall–Kier alpha value is -2.04. The van der Waals surface area contributed by atoms with Gasteiger partial charge in [0.15, 0.2) is 0 Å². The van der Waals surface area contributed by atoms with E-state index in [0.717, 1.165) is 31.6 Å². The predicted molar refractivity (Wildman–Crippen MR) is 72.3 cm³/mol. The highest BCUT2D eigenvalue weighted by Gasteiger charge is 2.15. The molecule has 2 rings (SSSR count). The standard InChI is InChI=1S/C14H18N2O3/c17-13(16-8-2-1-3-9-16)10-15-12-6-4-11(5-7-12)14(18)19/h4-7,15H,1-3,8-10H2,(H,18,19). The van der Waals surface area contributed by atoms with Gasteiger partial charge in [-0.15, -0.1) is 0 Å². The summed E-state index contributed by atoms with van der Waals surface area (Å²) >= 11 is 0. The molecule has 1 aliphatic heterocycles. The summed E-state index contributed by atoms with van der Waals surface area (Å²) in [6.45, 7) is 1.95. The van der Waals surface area contributed by atoms with Crippen molar-refractivity contribution in [3.63, 3.8) is 0 Å². The maximum Gasteiger partial charge on any atom is 0.335 e. The Morgan fingerprint density at radius 1 is 1.11 bits per heavy atom. The first kappa shape index (κ1) is 13.4. The molecule has 102 valence electrons. The molecule has 0 aliphatic carbocycles. The van der Waals surface area contributed by atoms with Crippen LogP contribution in [0, 0.1) is 0 Å². The first-order chi connectivity index (χ1) is 9.16. The zero-order chi connectivity index (χ0) is 13.7. The van der Waals surface area contributed by atoms with E-state index in [-0.39, 0.29) is 18.0 Å². The van der Waals surface area contributed by atoms with Gasteiger partial charge in [-0.05, 0) is 43.5 Å². The van der Waals surface area contributed by atoms with Gasteiger partial charge in [-0.1, -0.05) is 0 Å². The van der Waals surface area contributed by atoms with Gasteiger partial charge in [0.2, 0.25) is 5.91 Å². The van der Waals surface area contributed by atoms with Gasteiger partial charge in [0, 0.05) is 18.8 Å². The number of likely N-dealkylation sites (tertiary alicyclic amines) is 1. The lowest BCUT2D eigenvalue weighted by atomic mass is 10.1. The topological polar surface area (TPSA) is 69.6 Å². The van der Waals surface area contributed by atoms with Crippen LogP contribution in [0.2, 0.25) is 0 Å². The molecule has 5 nitrogen and oxygen atoms in total. The lowest BCUT2D eigenvalue weighted by Gasteiger charge is -2.26. The minimum atomic E-state index is -0.948. The van der Waals surface area contributed by atoms with Gasteiger partial charge in [-0.25, -0.2) is 4.79 Å². The molecule has 0 bridgehead atoms. The number of hydrogen-bond acceptors (Lipinski definition) is 3. The summed E-state index contributed by atoms with van der Waals surface area (Å²) in [5, 5.41) is 11.8. The first-order valence-electron chi connectivity index (χ1n) is 6.52. The molecule has 1 amide bonds. The smallest absolute Gasteiger partial charge is 0.335 e. The predicted octanol–water partition coefficient (Wildman–Crippen LogP) is 1.81. The largest absolute Gasteiger partial charge is 0.478 e. The van der Waals surface area contributed by atoms with E-state index in [4.69, 9.17) is 5.11 Å². The molecule has 0 aromatic heterocycles. The van der Waals surface area contributed by atoms with Gasteiger partial charge in [-0.3, -0.25) is 4.79 Å². The summed E-state index contributed by atoms with van der Waals surface area (Å²) in [6, 6.07) is 6.39. The number of hydrogen-bond donors (Lipinski definition) is 2. The van der Waals surface area contributed by atoms with Gasteiger partial charge >= 0.3 is 5.97 Å². The molecule has 0 spiro atoms. The summed E-state index contributed by atoms with van der Waals surface area (Å²) in [5.74, 6) is -0.849. The third kappa shape index (κ3) is 3.71. The summed E-state index contributed by atoms with van der Waals surface area (Å²) in [7, 11) is 0. The molecule has 19 heavy (non-hydrogen) atoms. The number of anilines is 1. The van der Waals surface area contributed by atoms with Crippen LogP contribution in [0.3, 0.4) is 0 Å². The average molecular weight is 262 g/mol. The third-order valence-corrected chi connectivity index (χ3v) is 3.28. The van der Waals surface area contributed by atoms with Gasteiger partial charge < -0.3 is 15.3 Å². The summed E-state index contributed by atoms with van der Waals surface area (Å²) < 4.78 is 0. The minimum absolute atomic E-state index is 0.0991. The number of aromatic carboxylic acids is 1. The van der Waals surface area contributed by atoms with Crippen LogP contribution in [0.5, 0.6) is 0 Å². The zero-order valence-electron chi connectivity index (χ0n) is 10.8. The number of rotatable bonds is 4. The Morgan fingerprint density at radius 2 is 1.74 bits per heavy atom. The number of benzene rings is 1. The van der Waals surface area contributed by atoms with Crippen LogP contribution >= 0.6 is 0 Å². The lowest BCUT2D eigenvalue weighted by Crippen LogP contribution is -2.39. The Labute approximate surface area is 112 Å². The van der Waals surface area contributed by atoms with Crippen LogP contribution in [-0.2, 0) is 4.79 Å². The summed E-state index contributed by atoms with van der Waals surface area (Å²) in [5.41, 5.74) is 1.00. The van der Waals surface area contributed by atoms with Crippen molar-refractivity contribution in [2.24, 2.45) is 0 Å². The molecule has 0 radical (unpaired) electrons. The molecular formula is C14H18N2O3. The Morgan fingerprint density at radius 3 is 2.32 bits per heavy atom. The maximum absolute atomic E-state index is 11.9. The zero-order valence-corrected chi connectivity index (χ0v) is 10.8. The second-order valence-corrected chi connectivity index (χ2v) is 4.68. The molecule has 1 aliphatic rings. The van der Waals surface area contributed by atoms with Crippen molar-refractivity contribution < 1.29 is 14.7 Å². The fourth-order valence-electron chi connectivity index (χ4n) is 2.16. The van der Waals surface area contributed by atoms with Gasteiger partial charge in [-0.2, -0.15) is 0 Å². The molecule has 1 fully saturated rings. The molecular weight excluding hydrogens is 244 g/mol. The first-order valence-corrected chi connectivity index (χ1v) is 6.52. The van der Waals surface area contributed by atoms with Crippen LogP contribution in [0.25, 0.3) is 0 Å². The van der Waals surface area contributed by atoms with Gasteiger partial charge in [0.05, 0.1) is 12.1 Å². The average Bonchev–Trinajstić information content (AvgIpc) is 2.46. The van der Waals surface area contributed by atoms with Crippen molar-refractivity contribution in [3.05, 3.63) is 29.8 Å². The highest BCUT2D eigenvalue weighted by Crippen LogP contribution is 2.11.